The van der Waals surface area contributed by atoms with E-state index in [1.165, 1.54) is 0 Å². The summed E-state index contributed by atoms with van der Waals surface area (Å²) in [6, 6.07) is 7.35. The van der Waals surface area contributed by atoms with Crippen molar-refractivity contribution in [2.24, 2.45) is 0 Å². The molecule has 5 heteroatoms. The van der Waals surface area contributed by atoms with Crippen LogP contribution in [-0.4, -0.2) is 22.7 Å². The highest BCUT2D eigenvalue weighted by molar-refractivity contribution is 5.98. The van der Waals surface area contributed by atoms with Gasteiger partial charge in [-0.3, -0.25) is 9.48 Å². The van der Waals surface area contributed by atoms with E-state index in [2.05, 4.69) is 5.10 Å². The van der Waals surface area contributed by atoms with Gasteiger partial charge in [-0.15, -0.1) is 0 Å². The lowest BCUT2D eigenvalue weighted by molar-refractivity contribution is 0.0979. The second kappa shape index (κ2) is 6.23. The molecule has 0 aliphatic heterocycles. The SMILES string of the molecule is CCCn1ncc(OC)c1C(=O)Cc1cccc(N)c1. The number of nitrogens with zero attached hydrogens (tertiary/aromatic N) is 2. The monoisotopic (exact) mass is 273 g/mol. The van der Waals surface area contributed by atoms with Crippen LogP contribution >= 0.6 is 0 Å². The van der Waals surface area contributed by atoms with Crippen molar-refractivity contribution >= 4 is 11.5 Å². The van der Waals surface area contributed by atoms with Gasteiger partial charge in [-0.05, 0) is 24.1 Å². The number of Topliss-reactive ketones (excluding diaryl/α,β-unsaturated/α-hetero) is 1. The van der Waals surface area contributed by atoms with Gasteiger partial charge in [0.05, 0.1) is 13.3 Å². The first-order valence-corrected chi connectivity index (χ1v) is 6.63. The van der Waals surface area contributed by atoms with E-state index in [9.17, 15) is 4.79 Å². The van der Waals surface area contributed by atoms with E-state index in [4.69, 9.17) is 10.5 Å². The summed E-state index contributed by atoms with van der Waals surface area (Å²) in [6.07, 6.45) is 2.78. The number of hydrogen-bond donors (Lipinski definition) is 1. The quantitative estimate of drug-likeness (QED) is 0.647. The minimum atomic E-state index is -0.0154. The number of nitrogens with two attached hydrogens (primary N) is 1. The molecule has 106 valence electrons. The number of aryl methyl sites for hydroxylation is 1. The number of methoxy groups -OCH3 is 1. The Kier molecular flexibility index (Phi) is 4.40. The van der Waals surface area contributed by atoms with Crippen LogP contribution in [0.5, 0.6) is 5.75 Å². The number of ketones is 1. The van der Waals surface area contributed by atoms with E-state index >= 15 is 0 Å². The smallest absolute Gasteiger partial charge is 0.189 e. The van der Waals surface area contributed by atoms with Crippen molar-refractivity contribution < 1.29 is 9.53 Å². The zero-order valence-electron chi connectivity index (χ0n) is 11.8. The van der Waals surface area contributed by atoms with Gasteiger partial charge in [-0.1, -0.05) is 19.1 Å². The molecule has 0 fully saturated rings. The van der Waals surface area contributed by atoms with Gasteiger partial charge in [0.2, 0.25) is 0 Å². The van der Waals surface area contributed by atoms with E-state index in [0.717, 1.165) is 12.0 Å². The van der Waals surface area contributed by atoms with Gasteiger partial charge in [-0.25, -0.2) is 0 Å². The third-order valence-corrected chi connectivity index (χ3v) is 3.04. The predicted molar refractivity (Wildman–Crippen MR) is 78.0 cm³/mol. The molecule has 0 unspecified atom stereocenters. The number of rotatable bonds is 6. The second-order valence-corrected chi connectivity index (χ2v) is 4.63. The summed E-state index contributed by atoms with van der Waals surface area (Å²) in [6.45, 7) is 2.74. The normalized spacial score (nSPS) is 10.5. The number of carbonyl (C=O) groups excluding carboxylic acids is 1. The van der Waals surface area contributed by atoms with Crippen LogP contribution in [0.3, 0.4) is 0 Å². The lowest BCUT2D eigenvalue weighted by atomic mass is 10.1. The third-order valence-electron chi connectivity index (χ3n) is 3.04. The van der Waals surface area contributed by atoms with E-state index in [1.807, 2.05) is 25.1 Å². The Labute approximate surface area is 118 Å². The summed E-state index contributed by atoms with van der Waals surface area (Å²) in [5, 5.41) is 4.20. The largest absolute Gasteiger partial charge is 0.493 e. The Bertz CT molecular complexity index is 605. The first kappa shape index (κ1) is 14.1. The molecule has 0 saturated carbocycles. The molecule has 0 aliphatic carbocycles. The Balaban J connectivity index is 2.26. The average Bonchev–Trinajstić information content (AvgIpc) is 2.82. The molecule has 1 heterocycles. The molecule has 2 aromatic rings. The summed E-state index contributed by atoms with van der Waals surface area (Å²) in [5.41, 5.74) is 7.80. The number of aromatic nitrogens is 2. The Morgan fingerprint density at radius 1 is 1.45 bits per heavy atom. The maximum Gasteiger partial charge on any atom is 0.189 e. The number of anilines is 1. The van der Waals surface area contributed by atoms with Gasteiger partial charge in [0.25, 0.3) is 0 Å². The molecule has 1 aromatic carbocycles. The van der Waals surface area contributed by atoms with Crippen LogP contribution in [-0.2, 0) is 13.0 Å². The summed E-state index contributed by atoms with van der Waals surface area (Å²) < 4.78 is 6.93. The molecule has 0 amide bonds. The minimum absolute atomic E-state index is 0.0154. The van der Waals surface area contributed by atoms with Crippen molar-refractivity contribution in [3.05, 3.63) is 41.7 Å². The maximum atomic E-state index is 12.5. The highest BCUT2D eigenvalue weighted by Gasteiger charge is 2.19. The number of nitrogen functional groups attached to an aromatic ring is 1. The van der Waals surface area contributed by atoms with Crippen LogP contribution in [0.2, 0.25) is 0 Å². The highest BCUT2D eigenvalue weighted by atomic mass is 16.5. The Morgan fingerprint density at radius 3 is 2.90 bits per heavy atom. The third kappa shape index (κ3) is 2.99. The van der Waals surface area contributed by atoms with Gasteiger partial charge in [0.15, 0.2) is 11.5 Å². The topological polar surface area (TPSA) is 70.1 Å². The summed E-state index contributed by atoms with van der Waals surface area (Å²) in [7, 11) is 1.55. The molecule has 0 bridgehead atoms. The van der Waals surface area contributed by atoms with Crippen molar-refractivity contribution in [1.29, 1.82) is 0 Å². The van der Waals surface area contributed by atoms with Gasteiger partial charge < -0.3 is 10.5 Å². The van der Waals surface area contributed by atoms with Gasteiger partial charge in [0, 0.05) is 18.7 Å². The molecule has 0 saturated heterocycles. The van der Waals surface area contributed by atoms with Gasteiger partial charge in [0.1, 0.15) is 5.69 Å². The molecular formula is C15H19N3O2. The fraction of sp³-hybridized carbons (Fsp3) is 0.333. The fourth-order valence-corrected chi connectivity index (χ4v) is 2.15. The van der Waals surface area contributed by atoms with Crippen molar-refractivity contribution in [1.82, 2.24) is 9.78 Å². The molecule has 0 spiro atoms. The molecular weight excluding hydrogens is 254 g/mol. The molecule has 1 aromatic heterocycles. The molecule has 2 rings (SSSR count). The average molecular weight is 273 g/mol. The number of benzene rings is 1. The predicted octanol–water partition coefficient (Wildman–Crippen LogP) is 2.31. The van der Waals surface area contributed by atoms with Crippen molar-refractivity contribution in [3.63, 3.8) is 0 Å². The molecule has 0 atom stereocenters. The standard InChI is InChI=1S/C15H19N3O2/c1-3-7-18-15(14(20-2)10-17-18)13(19)9-11-5-4-6-12(16)8-11/h4-6,8,10H,3,7,9,16H2,1-2H3. The molecule has 2 N–H and O–H groups in total. The Hall–Kier alpha value is -2.30. The van der Waals surface area contributed by atoms with E-state index in [0.29, 0.717) is 23.7 Å². The van der Waals surface area contributed by atoms with E-state index < -0.39 is 0 Å². The first-order chi connectivity index (χ1) is 9.65. The summed E-state index contributed by atoms with van der Waals surface area (Å²) in [5.74, 6) is 0.505. The van der Waals surface area contributed by atoms with Crippen LogP contribution in [0, 0.1) is 0 Å². The van der Waals surface area contributed by atoms with Crippen molar-refractivity contribution in [3.8, 4) is 5.75 Å². The van der Waals surface area contributed by atoms with Crippen LogP contribution in [0.1, 0.15) is 29.4 Å². The minimum Gasteiger partial charge on any atom is -0.493 e. The molecule has 5 nitrogen and oxygen atoms in total. The van der Waals surface area contributed by atoms with Crippen LogP contribution in [0.25, 0.3) is 0 Å². The maximum absolute atomic E-state index is 12.5. The van der Waals surface area contributed by atoms with E-state index in [-0.39, 0.29) is 12.2 Å². The number of ether oxygens (including phenoxy) is 1. The first-order valence-electron chi connectivity index (χ1n) is 6.63. The fourth-order valence-electron chi connectivity index (χ4n) is 2.15. The molecule has 0 aliphatic rings. The van der Waals surface area contributed by atoms with Crippen molar-refractivity contribution in [2.45, 2.75) is 26.3 Å². The number of hydrogen-bond acceptors (Lipinski definition) is 4. The van der Waals surface area contributed by atoms with Crippen molar-refractivity contribution in [2.75, 3.05) is 12.8 Å². The lowest BCUT2D eigenvalue weighted by Crippen LogP contribution is -2.13. The molecule has 0 radical (unpaired) electrons. The zero-order chi connectivity index (χ0) is 14.5. The zero-order valence-corrected chi connectivity index (χ0v) is 11.8. The lowest BCUT2D eigenvalue weighted by Gasteiger charge is -2.08. The van der Waals surface area contributed by atoms with E-state index in [1.54, 1.807) is 24.1 Å². The second-order valence-electron chi connectivity index (χ2n) is 4.63. The summed E-state index contributed by atoms with van der Waals surface area (Å²) >= 11 is 0. The molecule has 20 heavy (non-hydrogen) atoms. The van der Waals surface area contributed by atoms with Gasteiger partial charge in [-0.2, -0.15) is 5.10 Å². The van der Waals surface area contributed by atoms with Crippen LogP contribution in [0.15, 0.2) is 30.5 Å². The highest BCUT2D eigenvalue weighted by Crippen LogP contribution is 2.20. The van der Waals surface area contributed by atoms with Gasteiger partial charge >= 0.3 is 0 Å². The van der Waals surface area contributed by atoms with Crippen LogP contribution < -0.4 is 10.5 Å². The number of carbonyl (C=O) groups is 1. The Morgan fingerprint density at radius 2 is 2.25 bits per heavy atom. The summed E-state index contributed by atoms with van der Waals surface area (Å²) in [4.78, 5) is 12.5. The van der Waals surface area contributed by atoms with Crippen LogP contribution in [0.4, 0.5) is 5.69 Å².